The first-order valence-corrected chi connectivity index (χ1v) is 9.47. The van der Waals surface area contributed by atoms with E-state index >= 15 is 0 Å². The highest BCUT2D eigenvalue weighted by atomic mass is 16.2. The number of hydrogen-bond acceptors (Lipinski definition) is 5. The van der Waals surface area contributed by atoms with Crippen LogP contribution >= 0.6 is 0 Å². The quantitative estimate of drug-likeness (QED) is 0.634. The minimum Gasteiger partial charge on any atom is -0.325 e. The van der Waals surface area contributed by atoms with Crippen LogP contribution in [0.1, 0.15) is 23.9 Å². The van der Waals surface area contributed by atoms with Gasteiger partial charge >= 0.3 is 0 Å². The number of H-pyrrole nitrogens is 1. The van der Waals surface area contributed by atoms with E-state index in [9.17, 15) is 4.79 Å². The molecule has 0 aliphatic carbocycles. The lowest BCUT2D eigenvalue weighted by molar-refractivity contribution is -0.121. The van der Waals surface area contributed by atoms with Crippen molar-refractivity contribution in [3.63, 3.8) is 0 Å². The summed E-state index contributed by atoms with van der Waals surface area (Å²) in [5, 5.41) is 9.95. The molecule has 4 rings (SSSR count). The minimum absolute atomic E-state index is 0.00422. The van der Waals surface area contributed by atoms with Crippen LogP contribution in [0.3, 0.4) is 0 Å². The summed E-state index contributed by atoms with van der Waals surface area (Å²) in [6.45, 7) is 3.97. The Morgan fingerprint density at radius 3 is 2.68 bits per heavy atom. The highest BCUT2D eigenvalue weighted by Crippen LogP contribution is 2.22. The van der Waals surface area contributed by atoms with Gasteiger partial charge in [-0.15, -0.1) is 0 Å². The molecule has 1 amide bonds. The van der Waals surface area contributed by atoms with Crippen molar-refractivity contribution < 1.29 is 4.79 Å². The van der Waals surface area contributed by atoms with E-state index in [2.05, 4.69) is 49.7 Å². The van der Waals surface area contributed by atoms with Crippen LogP contribution in [0, 0.1) is 0 Å². The van der Waals surface area contributed by atoms with Crippen LogP contribution in [-0.2, 0) is 24.3 Å². The van der Waals surface area contributed by atoms with Crippen molar-refractivity contribution >= 4 is 11.6 Å². The van der Waals surface area contributed by atoms with Gasteiger partial charge < -0.3 is 11.1 Å². The molecule has 0 spiro atoms. The predicted molar refractivity (Wildman–Crippen MR) is 108 cm³/mol. The standard InChI is InChI=1S/C21H24N6O/c1-14(27-11-10-15-4-2-3-5-17(15)13-27)21(28)23-18-8-6-16(7-9-18)20-24-19(12-22)25-26-20/h2-9,14H,10-13,22H2,1H3,(H,23,28)(H,24,25,26). The van der Waals surface area contributed by atoms with Gasteiger partial charge in [0.1, 0.15) is 5.82 Å². The van der Waals surface area contributed by atoms with Gasteiger partial charge in [-0.05, 0) is 48.7 Å². The lowest BCUT2D eigenvalue weighted by Gasteiger charge is -2.32. The van der Waals surface area contributed by atoms with E-state index in [-0.39, 0.29) is 11.9 Å². The van der Waals surface area contributed by atoms with Gasteiger partial charge in [0, 0.05) is 24.3 Å². The van der Waals surface area contributed by atoms with Crippen molar-refractivity contribution in [2.45, 2.75) is 32.5 Å². The normalized spacial score (nSPS) is 15.1. The van der Waals surface area contributed by atoms with Crippen LogP contribution in [0.4, 0.5) is 5.69 Å². The zero-order chi connectivity index (χ0) is 19.5. The Morgan fingerprint density at radius 2 is 1.96 bits per heavy atom. The summed E-state index contributed by atoms with van der Waals surface area (Å²) >= 11 is 0. The summed E-state index contributed by atoms with van der Waals surface area (Å²) in [5.74, 6) is 1.23. The third-order valence-corrected chi connectivity index (χ3v) is 5.22. The minimum atomic E-state index is -0.201. The molecule has 1 atom stereocenters. The highest BCUT2D eigenvalue weighted by molar-refractivity contribution is 5.94. The Labute approximate surface area is 164 Å². The molecular formula is C21H24N6O. The molecule has 3 aromatic rings. The van der Waals surface area contributed by atoms with Gasteiger partial charge in [-0.2, -0.15) is 5.10 Å². The number of anilines is 1. The molecule has 0 saturated heterocycles. The molecule has 1 aliphatic heterocycles. The number of carbonyl (C=O) groups excluding carboxylic acids is 1. The largest absolute Gasteiger partial charge is 0.325 e. The smallest absolute Gasteiger partial charge is 0.241 e. The molecule has 2 heterocycles. The molecule has 7 heteroatoms. The molecule has 2 aromatic carbocycles. The summed E-state index contributed by atoms with van der Waals surface area (Å²) < 4.78 is 0. The number of nitrogens with zero attached hydrogens (tertiary/aromatic N) is 3. The number of amides is 1. The molecule has 1 aromatic heterocycles. The van der Waals surface area contributed by atoms with Crippen molar-refractivity contribution in [3.8, 4) is 11.4 Å². The number of hydrogen-bond donors (Lipinski definition) is 3. The van der Waals surface area contributed by atoms with Gasteiger partial charge in [0.15, 0.2) is 5.82 Å². The van der Waals surface area contributed by atoms with Crippen molar-refractivity contribution in [1.29, 1.82) is 0 Å². The molecule has 1 unspecified atom stereocenters. The van der Waals surface area contributed by atoms with Crippen LogP contribution in [0.15, 0.2) is 48.5 Å². The Kier molecular flexibility index (Phi) is 5.18. The van der Waals surface area contributed by atoms with Crippen LogP contribution < -0.4 is 11.1 Å². The molecule has 4 N–H and O–H groups in total. The SMILES string of the molecule is CC(C(=O)Nc1ccc(-c2n[nH]c(CN)n2)cc1)N1CCc2ccccc2C1. The maximum absolute atomic E-state index is 12.7. The second-order valence-corrected chi connectivity index (χ2v) is 7.04. The van der Waals surface area contributed by atoms with Gasteiger partial charge in [-0.3, -0.25) is 14.8 Å². The van der Waals surface area contributed by atoms with E-state index in [1.165, 1.54) is 11.1 Å². The second kappa shape index (κ2) is 7.92. The average molecular weight is 376 g/mol. The summed E-state index contributed by atoms with van der Waals surface area (Å²) in [4.78, 5) is 19.3. The first kappa shape index (κ1) is 18.3. The molecule has 0 saturated carbocycles. The monoisotopic (exact) mass is 376 g/mol. The first-order chi connectivity index (χ1) is 13.6. The summed E-state index contributed by atoms with van der Waals surface area (Å²) in [5.41, 5.74) is 9.87. The Bertz CT molecular complexity index is 965. The average Bonchev–Trinajstić information content (AvgIpc) is 3.22. The fourth-order valence-corrected chi connectivity index (χ4v) is 3.48. The van der Waals surface area contributed by atoms with Crippen LogP contribution in [0.5, 0.6) is 0 Å². The van der Waals surface area contributed by atoms with Gasteiger partial charge in [-0.1, -0.05) is 24.3 Å². The predicted octanol–water partition coefficient (Wildman–Crippen LogP) is 2.32. The molecule has 0 fully saturated rings. The van der Waals surface area contributed by atoms with Crippen LogP contribution in [-0.4, -0.2) is 38.6 Å². The van der Waals surface area contributed by atoms with Gasteiger partial charge in [0.05, 0.1) is 12.6 Å². The number of fused-ring (bicyclic) bond motifs is 1. The first-order valence-electron chi connectivity index (χ1n) is 9.47. The number of rotatable bonds is 5. The van der Waals surface area contributed by atoms with Crippen molar-refractivity contribution in [2.24, 2.45) is 5.73 Å². The maximum atomic E-state index is 12.7. The van der Waals surface area contributed by atoms with Gasteiger partial charge in [-0.25, -0.2) is 4.98 Å². The molecule has 28 heavy (non-hydrogen) atoms. The lowest BCUT2D eigenvalue weighted by Crippen LogP contribution is -2.44. The second-order valence-electron chi connectivity index (χ2n) is 7.04. The Morgan fingerprint density at radius 1 is 1.21 bits per heavy atom. The lowest BCUT2D eigenvalue weighted by atomic mass is 9.99. The van der Waals surface area contributed by atoms with Crippen molar-refractivity contribution in [3.05, 3.63) is 65.5 Å². The number of carbonyl (C=O) groups is 1. The Hall–Kier alpha value is -3.03. The number of aromatic nitrogens is 3. The van der Waals surface area contributed by atoms with Crippen molar-refractivity contribution in [1.82, 2.24) is 20.1 Å². The molecule has 7 nitrogen and oxygen atoms in total. The van der Waals surface area contributed by atoms with Gasteiger partial charge in [0.2, 0.25) is 5.91 Å². The fourth-order valence-electron chi connectivity index (χ4n) is 3.48. The molecule has 144 valence electrons. The van der Waals surface area contributed by atoms with Crippen LogP contribution in [0.2, 0.25) is 0 Å². The molecular weight excluding hydrogens is 352 g/mol. The van der Waals surface area contributed by atoms with E-state index in [0.717, 1.165) is 30.8 Å². The van der Waals surface area contributed by atoms with Gasteiger partial charge in [0.25, 0.3) is 0 Å². The van der Waals surface area contributed by atoms with E-state index in [1.807, 2.05) is 31.2 Å². The molecule has 0 bridgehead atoms. The van der Waals surface area contributed by atoms with Crippen LogP contribution in [0.25, 0.3) is 11.4 Å². The third-order valence-electron chi connectivity index (χ3n) is 5.22. The fraction of sp³-hybridized carbons (Fsp3) is 0.286. The molecule has 0 radical (unpaired) electrons. The number of nitrogens with two attached hydrogens (primary N) is 1. The Balaban J connectivity index is 1.39. The third kappa shape index (κ3) is 3.81. The topological polar surface area (TPSA) is 99.9 Å². The van der Waals surface area contributed by atoms with E-state index < -0.39 is 0 Å². The molecule has 1 aliphatic rings. The van der Waals surface area contributed by atoms with E-state index in [4.69, 9.17) is 5.73 Å². The van der Waals surface area contributed by atoms with E-state index in [1.54, 1.807) is 0 Å². The summed E-state index contributed by atoms with van der Waals surface area (Å²) in [7, 11) is 0. The number of aromatic amines is 1. The van der Waals surface area contributed by atoms with E-state index in [0.29, 0.717) is 18.2 Å². The highest BCUT2D eigenvalue weighted by Gasteiger charge is 2.25. The summed E-state index contributed by atoms with van der Waals surface area (Å²) in [6, 6.07) is 15.7. The van der Waals surface area contributed by atoms with Crippen molar-refractivity contribution in [2.75, 3.05) is 11.9 Å². The maximum Gasteiger partial charge on any atom is 0.241 e. The summed E-state index contributed by atoms with van der Waals surface area (Å²) in [6.07, 6.45) is 0.976. The zero-order valence-corrected chi connectivity index (χ0v) is 15.9. The zero-order valence-electron chi connectivity index (χ0n) is 15.9. The number of nitrogens with one attached hydrogen (secondary N) is 2. The number of benzene rings is 2.